The van der Waals surface area contributed by atoms with Gasteiger partial charge in [-0.15, -0.1) is 0 Å². The maximum atomic E-state index is 6.05. The van der Waals surface area contributed by atoms with E-state index in [2.05, 4.69) is 31.2 Å². The second-order valence-corrected chi connectivity index (χ2v) is 4.37. The van der Waals surface area contributed by atoms with Gasteiger partial charge in [-0.2, -0.15) is 4.98 Å². The lowest BCUT2D eigenvalue weighted by Crippen LogP contribution is -1.99. The van der Waals surface area contributed by atoms with Gasteiger partial charge in [0.25, 0.3) is 0 Å². The van der Waals surface area contributed by atoms with E-state index in [9.17, 15) is 0 Å². The maximum absolute atomic E-state index is 6.05. The minimum absolute atomic E-state index is 0.221. The zero-order valence-electron chi connectivity index (χ0n) is 8.11. The first-order valence-electron chi connectivity index (χ1n) is 4.46. The molecule has 0 radical (unpaired) electrons. The first kappa shape index (κ1) is 11.2. The molecular weight excluding hydrogens is 291 g/mol. The fraction of sp³-hybridized carbons (Fsp3) is 0. The predicted octanol–water partition coefficient (Wildman–Crippen LogP) is 3.22. The highest BCUT2D eigenvalue weighted by atomic mass is 79.9. The normalized spacial score (nSPS) is 10.1. The summed E-state index contributed by atoms with van der Waals surface area (Å²) in [4.78, 5) is 7.82. The van der Waals surface area contributed by atoms with Gasteiger partial charge in [0.1, 0.15) is 5.82 Å². The van der Waals surface area contributed by atoms with E-state index in [4.69, 9.17) is 17.3 Å². The van der Waals surface area contributed by atoms with Crippen LogP contribution in [-0.4, -0.2) is 9.97 Å². The van der Waals surface area contributed by atoms with E-state index in [0.717, 1.165) is 10.2 Å². The van der Waals surface area contributed by atoms with E-state index in [-0.39, 0.29) is 5.95 Å². The third-order valence-electron chi connectivity index (χ3n) is 1.87. The van der Waals surface area contributed by atoms with Crippen LogP contribution in [0.1, 0.15) is 0 Å². The molecule has 0 amide bonds. The summed E-state index contributed by atoms with van der Waals surface area (Å²) < 4.78 is 0.922. The standard InChI is InChI=1S/C10H8BrClN4/c11-6-1-2-8(7(12)5-6)15-9-3-4-14-10(13)16-9/h1-5H,(H3,13,14,15,16). The third kappa shape index (κ3) is 2.62. The molecule has 16 heavy (non-hydrogen) atoms. The Balaban J connectivity index is 2.27. The lowest BCUT2D eigenvalue weighted by Gasteiger charge is -2.07. The smallest absolute Gasteiger partial charge is 0.221 e. The van der Waals surface area contributed by atoms with E-state index in [1.165, 1.54) is 0 Å². The van der Waals surface area contributed by atoms with Crippen LogP contribution in [0.3, 0.4) is 0 Å². The van der Waals surface area contributed by atoms with E-state index in [1.807, 2.05) is 12.1 Å². The Morgan fingerprint density at radius 3 is 2.81 bits per heavy atom. The zero-order valence-corrected chi connectivity index (χ0v) is 10.5. The molecule has 1 aromatic carbocycles. The van der Waals surface area contributed by atoms with E-state index in [1.54, 1.807) is 18.3 Å². The van der Waals surface area contributed by atoms with Crippen molar-refractivity contribution in [2.75, 3.05) is 11.1 Å². The van der Waals surface area contributed by atoms with Crippen LogP contribution in [0.2, 0.25) is 5.02 Å². The molecular formula is C10H8BrClN4. The van der Waals surface area contributed by atoms with Gasteiger partial charge < -0.3 is 11.1 Å². The van der Waals surface area contributed by atoms with Crippen molar-refractivity contribution in [2.45, 2.75) is 0 Å². The number of hydrogen-bond acceptors (Lipinski definition) is 4. The summed E-state index contributed by atoms with van der Waals surface area (Å²) in [6.07, 6.45) is 1.58. The van der Waals surface area contributed by atoms with Crippen LogP contribution < -0.4 is 11.1 Å². The number of rotatable bonds is 2. The van der Waals surface area contributed by atoms with Gasteiger partial charge in [-0.05, 0) is 24.3 Å². The average Bonchev–Trinajstić information content (AvgIpc) is 2.22. The molecule has 1 heterocycles. The minimum Gasteiger partial charge on any atom is -0.368 e. The van der Waals surface area contributed by atoms with Crippen LogP contribution in [0.5, 0.6) is 0 Å². The van der Waals surface area contributed by atoms with Gasteiger partial charge in [-0.3, -0.25) is 0 Å². The van der Waals surface area contributed by atoms with Crippen molar-refractivity contribution in [1.29, 1.82) is 0 Å². The number of anilines is 3. The summed E-state index contributed by atoms with van der Waals surface area (Å²) in [5.74, 6) is 0.829. The predicted molar refractivity (Wildman–Crippen MR) is 68.9 cm³/mol. The maximum Gasteiger partial charge on any atom is 0.221 e. The largest absolute Gasteiger partial charge is 0.368 e. The van der Waals surface area contributed by atoms with E-state index < -0.39 is 0 Å². The van der Waals surface area contributed by atoms with Gasteiger partial charge in [-0.1, -0.05) is 27.5 Å². The van der Waals surface area contributed by atoms with Gasteiger partial charge in [0.2, 0.25) is 5.95 Å². The zero-order chi connectivity index (χ0) is 11.5. The van der Waals surface area contributed by atoms with Crippen LogP contribution in [0.4, 0.5) is 17.5 Å². The Labute approximate surface area is 106 Å². The topological polar surface area (TPSA) is 63.8 Å². The summed E-state index contributed by atoms with van der Waals surface area (Å²) in [6.45, 7) is 0. The fourth-order valence-corrected chi connectivity index (χ4v) is 1.89. The Hall–Kier alpha value is -1.33. The summed E-state index contributed by atoms with van der Waals surface area (Å²) >= 11 is 9.39. The number of nitrogen functional groups attached to an aromatic ring is 1. The molecule has 0 aliphatic heterocycles. The van der Waals surface area contributed by atoms with Crippen molar-refractivity contribution < 1.29 is 0 Å². The third-order valence-corrected chi connectivity index (χ3v) is 2.67. The molecule has 82 valence electrons. The van der Waals surface area contributed by atoms with Gasteiger partial charge in [0.05, 0.1) is 10.7 Å². The summed E-state index contributed by atoms with van der Waals surface area (Å²) in [5.41, 5.74) is 6.24. The monoisotopic (exact) mass is 298 g/mol. The molecule has 6 heteroatoms. The SMILES string of the molecule is Nc1nccc(Nc2ccc(Br)cc2Cl)n1. The highest BCUT2D eigenvalue weighted by molar-refractivity contribution is 9.10. The molecule has 2 aromatic rings. The second kappa shape index (κ2) is 4.67. The van der Waals surface area contributed by atoms with Crippen molar-refractivity contribution in [3.63, 3.8) is 0 Å². The molecule has 2 rings (SSSR count). The van der Waals surface area contributed by atoms with E-state index >= 15 is 0 Å². The summed E-state index contributed by atoms with van der Waals surface area (Å²) in [6, 6.07) is 7.26. The number of nitrogens with two attached hydrogens (primary N) is 1. The molecule has 0 bridgehead atoms. The minimum atomic E-state index is 0.221. The molecule has 0 saturated carbocycles. The highest BCUT2D eigenvalue weighted by Gasteiger charge is 2.02. The van der Waals surface area contributed by atoms with Crippen LogP contribution in [0, 0.1) is 0 Å². The van der Waals surface area contributed by atoms with Crippen LogP contribution >= 0.6 is 27.5 Å². The lowest BCUT2D eigenvalue weighted by atomic mass is 10.3. The van der Waals surface area contributed by atoms with Crippen molar-refractivity contribution in [3.8, 4) is 0 Å². The number of aromatic nitrogens is 2. The molecule has 0 aliphatic rings. The van der Waals surface area contributed by atoms with Crippen molar-refractivity contribution in [3.05, 3.63) is 40.0 Å². The molecule has 0 fully saturated rings. The van der Waals surface area contributed by atoms with Crippen molar-refractivity contribution in [1.82, 2.24) is 9.97 Å². The van der Waals surface area contributed by atoms with Crippen LogP contribution in [0.25, 0.3) is 0 Å². The second-order valence-electron chi connectivity index (χ2n) is 3.05. The Morgan fingerprint density at radius 1 is 1.31 bits per heavy atom. The highest BCUT2D eigenvalue weighted by Crippen LogP contribution is 2.27. The molecule has 0 saturated heterocycles. The molecule has 1 aromatic heterocycles. The number of hydrogen-bond donors (Lipinski definition) is 2. The number of halogens is 2. The number of nitrogens with one attached hydrogen (secondary N) is 1. The molecule has 0 spiro atoms. The Morgan fingerprint density at radius 2 is 2.12 bits per heavy atom. The molecule has 0 unspecified atom stereocenters. The van der Waals surface area contributed by atoms with Gasteiger partial charge in [0.15, 0.2) is 0 Å². The van der Waals surface area contributed by atoms with Gasteiger partial charge in [0, 0.05) is 10.7 Å². The molecule has 0 aliphatic carbocycles. The molecule has 0 atom stereocenters. The van der Waals surface area contributed by atoms with Crippen LogP contribution in [0.15, 0.2) is 34.9 Å². The number of benzene rings is 1. The first-order chi connectivity index (χ1) is 7.65. The van der Waals surface area contributed by atoms with E-state index in [0.29, 0.717) is 10.8 Å². The molecule has 3 N–H and O–H groups in total. The van der Waals surface area contributed by atoms with Gasteiger partial charge in [-0.25, -0.2) is 4.98 Å². The Bertz CT molecular complexity index is 518. The van der Waals surface area contributed by atoms with Crippen LogP contribution in [-0.2, 0) is 0 Å². The summed E-state index contributed by atoms with van der Waals surface area (Å²) in [7, 11) is 0. The average molecular weight is 300 g/mol. The molecule has 4 nitrogen and oxygen atoms in total. The van der Waals surface area contributed by atoms with Gasteiger partial charge >= 0.3 is 0 Å². The van der Waals surface area contributed by atoms with Crippen molar-refractivity contribution in [2.24, 2.45) is 0 Å². The Kier molecular flexibility index (Phi) is 3.26. The first-order valence-corrected chi connectivity index (χ1v) is 5.63. The number of nitrogens with zero attached hydrogens (tertiary/aromatic N) is 2. The lowest BCUT2D eigenvalue weighted by molar-refractivity contribution is 1.18. The van der Waals surface area contributed by atoms with Crippen molar-refractivity contribution >= 4 is 45.0 Å². The fourth-order valence-electron chi connectivity index (χ4n) is 1.17. The summed E-state index contributed by atoms with van der Waals surface area (Å²) in [5, 5.41) is 3.66. The quantitative estimate of drug-likeness (QED) is 0.893.